The van der Waals surface area contributed by atoms with E-state index in [0.29, 0.717) is 30.3 Å². The van der Waals surface area contributed by atoms with E-state index in [1.807, 2.05) is 0 Å². The third kappa shape index (κ3) is 3.56. The lowest BCUT2D eigenvalue weighted by atomic mass is 10.2. The lowest BCUT2D eigenvalue weighted by molar-refractivity contribution is 0.0592. The van der Waals surface area contributed by atoms with Crippen molar-refractivity contribution in [2.75, 3.05) is 20.8 Å². The van der Waals surface area contributed by atoms with Gasteiger partial charge in [0.1, 0.15) is 0 Å². The minimum absolute atomic E-state index is 0.194. The molecule has 0 amide bonds. The maximum atomic E-state index is 11.7. The highest BCUT2D eigenvalue weighted by atomic mass is 35.5. The van der Waals surface area contributed by atoms with Crippen LogP contribution in [-0.2, 0) is 22.4 Å². The maximum Gasteiger partial charge on any atom is 0.360 e. The zero-order valence-electron chi connectivity index (χ0n) is 11.7. The van der Waals surface area contributed by atoms with Crippen LogP contribution in [0.2, 0.25) is 5.02 Å². The van der Waals surface area contributed by atoms with E-state index >= 15 is 0 Å². The molecule has 7 nitrogen and oxygen atoms in total. The molecule has 112 valence electrons. The third-order valence-electron chi connectivity index (χ3n) is 2.94. The molecule has 0 saturated heterocycles. The van der Waals surface area contributed by atoms with Crippen molar-refractivity contribution in [2.45, 2.75) is 13.0 Å². The number of pyridine rings is 1. The standard InChI is InChI=1S/C13H15ClN4O3/c1-20-6-4-11-12(13(19)21-2)16-17-18(11)8-9-3-5-15-7-10(9)14/h3,5,7H,4,6,8H2,1-2H3. The first-order valence-corrected chi connectivity index (χ1v) is 6.63. The average molecular weight is 311 g/mol. The van der Waals surface area contributed by atoms with E-state index in [1.54, 1.807) is 30.3 Å². The Morgan fingerprint density at radius 2 is 2.24 bits per heavy atom. The highest BCUT2D eigenvalue weighted by molar-refractivity contribution is 6.31. The Bertz CT molecular complexity index is 630. The van der Waals surface area contributed by atoms with Crippen molar-refractivity contribution in [1.29, 1.82) is 0 Å². The fraction of sp³-hybridized carbons (Fsp3) is 0.385. The van der Waals surface area contributed by atoms with Crippen LogP contribution in [0.15, 0.2) is 18.5 Å². The number of aromatic nitrogens is 4. The van der Waals surface area contributed by atoms with Gasteiger partial charge in [-0.15, -0.1) is 5.10 Å². The van der Waals surface area contributed by atoms with Gasteiger partial charge >= 0.3 is 5.97 Å². The summed E-state index contributed by atoms with van der Waals surface area (Å²) in [6, 6.07) is 1.79. The normalized spacial score (nSPS) is 10.6. The number of hydrogen-bond donors (Lipinski definition) is 0. The van der Waals surface area contributed by atoms with Crippen LogP contribution in [0.4, 0.5) is 0 Å². The number of nitrogens with zero attached hydrogens (tertiary/aromatic N) is 4. The molecule has 0 unspecified atom stereocenters. The predicted octanol–water partition coefficient (Wildman–Crippen LogP) is 1.35. The summed E-state index contributed by atoms with van der Waals surface area (Å²) in [5.41, 5.74) is 1.68. The van der Waals surface area contributed by atoms with Crippen LogP contribution in [0, 0.1) is 0 Å². The first kappa shape index (κ1) is 15.4. The quantitative estimate of drug-likeness (QED) is 0.749. The number of rotatable bonds is 6. The maximum absolute atomic E-state index is 11.7. The molecule has 0 aliphatic heterocycles. The second kappa shape index (κ2) is 7.14. The molecule has 21 heavy (non-hydrogen) atoms. The number of carbonyl (C=O) groups is 1. The molecule has 0 radical (unpaired) electrons. The van der Waals surface area contributed by atoms with E-state index in [2.05, 4.69) is 15.3 Å². The summed E-state index contributed by atoms with van der Waals surface area (Å²) < 4.78 is 11.4. The zero-order chi connectivity index (χ0) is 15.2. The predicted molar refractivity (Wildman–Crippen MR) is 75.3 cm³/mol. The Morgan fingerprint density at radius 1 is 1.43 bits per heavy atom. The smallest absolute Gasteiger partial charge is 0.360 e. The fourth-order valence-electron chi connectivity index (χ4n) is 1.85. The van der Waals surface area contributed by atoms with Gasteiger partial charge in [-0.25, -0.2) is 9.48 Å². The van der Waals surface area contributed by atoms with Crippen LogP contribution in [0.1, 0.15) is 21.7 Å². The minimum Gasteiger partial charge on any atom is -0.464 e. The van der Waals surface area contributed by atoms with Crippen LogP contribution in [0.5, 0.6) is 0 Å². The molecule has 0 aliphatic carbocycles. The monoisotopic (exact) mass is 310 g/mol. The summed E-state index contributed by atoms with van der Waals surface area (Å²) >= 11 is 6.09. The molecule has 0 saturated carbocycles. The first-order valence-electron chi connectivity index (χ1n) is 6.25. The van der Waals surface area contributed by atoms with Crippen molar-refractivity contribution in [1.82, 2.24) is 20.0 Å². The van der Waals surface area contributed by atoms with Gasteiger partial charge in [-0.2, -0.15) is 0 Å². The van der Waals surface area contributed by atoms with Gasteiger partial charge in [-0.1, -0.05) is 16.8 Å². The lowest BCUT2D eigenvalue weighted by Crippen LogP contribution is -2.13. The third-order valence-corrected chi connectivity index (χ3v) is 3.28. The van der Waals surface area contributed by atoms with Crippen LogP contribution >= 0.6 is 11.6 Å². The molecular weight excluding hydrogens is 296 g/mol. The van der Waals surface area contributed by atoms with Crippen LogP contribution in [-0.4, -0.2) is 46.8 Å². The van der Waals surface area contributed by atoms with Gasteiger partial charge in [0, 0.05) is 25.9 Å². The fourth-order valence-corrected chi connectivity index (χ4v) is 2.03. The molecule has 0 spiro atoms. The number of carbonyl (C=O) groups excluding carboxylic acids is 1. The van der Waals surface area contributed by atoms with Gasteiger partial charge in [0.25, 0.3) is 0 Å². The Kier molecular flexibility index (Phi) is 5.24. The summed E-state index contributed by atoms with van der Waals surface area (Å²) in [6.45, 7) is 0.839. The Balaban J connectivity index is 2.32. The van der Waals surface area contributed by atoms with Crippen LogP contribution in [0.3, 0.4) is 0 Å². The van der Waals surface area contributed by atoms with Crippen LogP contribution in [0.25, 0.3) is 0 Å². The van der Waals surface area contributed by atoms with Gasteiger partial charge < -0.3 is 9.47 Å². The van der Waals surface area contributed by atoms with E-state index in [1.165, 1.54) is 7.11 Å². The second-order valence-electron chi connectivity index (χ2n) is 4.24. The zero-order valence-corrected chi connectivity index (χ0v) is 12.5. The van der Waals surface area contributed by atoms with E-state index in [-0.39, 0.29) is 5.69 Å². The Morgan fingerprint density at radius 3 is 2.90 bits per heavy atom. The summed E-state index contributed by atoms with van der Waals surface area (Å²) in [5, 5.41) is 8.43. The highest BCUT2D eigenvalue weighted by Gasteiger charge is 2.20. The molecule has 0 aromatic carbocycles. The Hall–Kier alpha value is -1.99. The molecule has 2 heterocycles. The van der Waals surface area contributed by atoms with Gasteiger partial charge in [-0.05, 0) is 11.6 Å². The highest BCUT2D eigenvalue weighted by Crippen LogP contribution is 2.17. The molecule has 0 aliphatic rings. The van der Waals surface area contributed by atoms with Gasteiger partial charge in [0.15, 0.2) is 5.69 Å². The van der Waals surface area contributed by atoms with E-state index in [4.69, 9.17) is 21.1 Å². The second-order valence-corrected chi connectivity index (χ2v) is 4.65. The summed E-state index contributed by atoms with van der Waals surface area (Å²) in [4.78, 5) is 15.6. The van der Waals surface area contributed by atoms with Gasteiger partial charge in [0.05, 0.1) is 31.0 Å². The number of ether oxygens (including phenoxy) is 2. The molecule has 2 aromatic heterocycles. The van der Waals surface area contributed by atoms with Gasteiger partial charge in [0.2, 0.25) is 0 Å². The lowest BCUT2D eigenvalue weighted by Gasteiger charge is -2.08. The average Bonchev–Trinajstić information content (AvgIpc) is 2.89. The van der Waals surface area contributed by atoms with Crippen molar-refractivity contribution in [3.63, 3.8) is 0 Å². The Labute approximate surface area is 126 Å². The van der Waals surface area contributed by atoms with Crippen molar-refractivity contribution >= 4 is 17.6 Å². The number of methoxy groups -OCH3 is 2. The van der Waals surface area contributed by atoms with E-state index < -0.39 is 5.97 Å². The minimum atomic E-state index is -0.520. The van der Waals surface area contributed by atoms with Crippen LogP contribution < -0.4 is 0 Å². The van der Waals surface area contributed by atoms with E-state index in [0.717, 1.165) is 5.56 Å². The largest absolute Gasteiger partial charge is 0.464 e. The molecular formula is C13H15ClN4O3. The summed E-state index contributed by atoms with van der Waals surface area (Å²) in [6.07, 6.45) is 3.70. The molecule has 8 heteroatoms. The topological polar surface area (TPSA) is 79.1 Å². The number of halogens is 1. The molecule has 0 bridgehead atoms. The van der Waals surface area contributed by atoms with Gasteiger partial charge in [-0.3, -0.25) is 4.98 Å². The SMILES string of the molecule is COCCc1c(C(=O)OC)nnn1Cc1ccncc1Cl. The van der Waals surface area contributed by atoms with Crippen molar-refractivity contribution < 1.29 is 14.3 Å². The molecule has 2 rings (SSSR count). The molecule has 0 N–H and O–H groups in total. The summed E-state index contributed by atoms with van der Waals surface area (Å²) in [7, 11) is 2.90. The molecule has 2 aromatic rings. The summed E-state index contributed by atoms with van der Waals surface area (Å²) in [5.74, 6) is -0.520. The number of hydrogen-bond acceptors (Lipinski definition) is 6. The molecule has 0 fully saturated rings. The first-order chi connectivity index (χ1) is 10.2. The molecule has 0 atom stereocenters. The van der Waals surface area contributed by atoms with Crippen molar-refractivity contribution in [3.8, 4) is 0 Å². The van der Waals surface area contributed by atoms with Crippen molar-refractivity contribution in [3.05, 3.63) is 40.4 Å². The van der Waals surface area contributed by atoms with Crippen molar-refractivity contribution in [2.24, 2.45) is 0 Å². The van der Waals surface area contributed by atoms with E-state index in [9.17, 15) is 4.79 Å². The number of esters is 1.